The monoisotopic (exact) mass is 173 g/mol. The van der Waals surface area contributed by atoms with Gasteiger partial charge < -0.3 is 4.52 Å². The van der Waals surface area contributed by atoms with Gasteiger partial charge in [0.05, 0.1) is 0 Å². The van der Waals surface area contributed by atoms with Gasteiger partial charge in [0.25, 0.3) is 5.89 Å². The van der Waals surface area contributed by atoms with Crippen LogP contribution in [0.15, 0.2) is 35.6 Å². The molecule has 0 N–H and O–H groups in total. The molecule has 2 rings (SSSR count). The lowest BCUT2D eigenvalue weighted by atomic mass is 10.3. The maximum absolute atomic E-state index is 4.98. The third-order valence-electron chi connectivity index (χ3n) is 1.55. The van der Waals surface area contributed by atoms with Crippen LogP contribution in [-0.4, -0.2) is 15.1 Å². The molecule has 4 nitrogen and oxygen atoms in total. The summed E-state index contributed by atoms with van der Waals surface area (Å²) in [4.78, 5) is 7.96. The van der Waals surface area contributed by atoms with Crippen molar-refractivity contribution in [2.75, 3.05) is 0 Å². The summed E-state index contributed by atoms with van der Waals surface area (Å²) in [7, 11) is 0. The molecule has 0 radical (unpaired) electrons. The summed E-state index contributed by atoms with van der Waals surface area (Å²) in [6.07, 6.45) is 4.88. The first-order chi connectivity index (χ1) is 6.40. The molecular weight excluding hydrogens is 166 g/mol. The van der Waals surface area contributed by atoms with Gasteiger partial charge in [-0.2, -0.15) is 4.98 Å². The lowest BCUT2D eigenvalue weighted by Gasteiger charge is -1.89. The standard InChI is InChI=1S/C9H7N3O/c1-2-8-11-9(13-12-8)7-3-5-10-6-4-7/h2-6H,1H2. The number of hydrogen-bond acceptors (Lipinski definition) is 4. The van der Waals surface area contributed by atoms with Crippen molar-refractivity contribution >= 4 is 6.08 Å². The molecule has 0 aliphatic carbocycles. The number of aromatic nitrogens is 3. The molecule has 13 heavy (non-hydrogen) atoms. The van der Waals surface area contributed by atoms with Crippen molar-refractivity contribution in [3.63, 3.8) is 0 Å². The minimum Gasteiger partial charge on any atom is -0.334 e. The lowest BCUT2D eigenvalue weighted by molar-refractivity contribution is 0.428. The van der Waals surface area contributed by atoms with Crippen molar-refractivity contribution in [2.45, 2.75) is 0 Å². The Hall–Kier alpha value is -1.97. The van der Waals surface area contributed by atoms with Gasteiger partial charge in [0, 0.05) is 18.0 Å². The minimum atomic E-state index is 0.484. The van der Waals surface area contributed by atoms with E-state index in [1.165, 1.54) is 6.08 Å². The van der Waals surface area contributed by atoms with Gasteiger partial charge in [0.15, 0.2) is 5.82 Å². The van der Waals surface area contributed by atoms with Crippen LogP contribution in [0.5, 0.6) is 0 Å². The van der Waals surface area contributed by atoms with Crippen LogP contribution >= 0.6 is 0 Å². The van der Waals surface area contributed by atoms with Crippen LogP contribution in [0, 0.1) is 0 Å². The highest BCUT2D eigenvalue weighted by molar-refractivity contribution is 5.52. The Morgan fingerprint density at radius 3 is 2.69 bits per heavy atom. The Morgan fingerprint density at radius 2 is 2.08 bits per heavy atom. The van der Waals surface area contributed by atoms with Crippen molar-refractivity contribution in [1.29, 1.82) is 0 Å². The van der Waals surface area contributed by atoms with Gasteiger partial charge in [-0.25, -0.2) is 0 Å². The molecule has 0 aliphatic heterocycles. The third kappa shape index (κ3) is 1.46. The minimum absolute atomic E-state index is 0.484. The topological polar surface area (TPSA) is 51.8 Å². The van der Waals surface area contributed by atoms with Crippen LogP contribution < -0.4 is 0 Å². The van der Waals surface area contributed by atoms with Gasteiger partial charge in [-0.15, -0.1) is 0 Å². The molecule has 2 aromatic heterocycles. The van der Waals surface area contributed by atoms with E-state index in [-0.39, 0.29) is 0 Å². The highest BCUT2D eigenvalue weighted by atomic mass is 16.5. The van der Waals surface area contributed by atoms with Crippen LogP contribution in [0.3, 0.4) is 0 Å². The first-order valence-electron chi connectivity index (χ1n) is 3.76. The summed E-state index contributed by atoms with van der Waals surface area (Å²) in [5.74, 6) is 0.976. The molecule has 4 heteroatoms. The molecule has 0 unspecified atom stereocenters. The Balaban J connectivity index is 2.41. The highest BCUT2D eigenvalue weighted by Crippen LogP contribution is 2.15. The van der Waals surface area contributed by atoms with Crippen molar-refractivity contribution in [3.05, 3.63) is 36.9 Å². The Kier molecular flexibility index (Phi) is 1.88. The zero-order chi connectivity index (χ0) is 9.10. The molecule has 0 aliphatic rings. The van der Waals surface area contributed by atoms with E-state index in [1.807, 2.05) is 0 Å². The van der Waals surface area contributed by atoms with E-state index in [4.69, 9.17) is 4.52 Å². The molecule has 0 fully saturated rings. The second-order valence-corrected chi connectivity index (χ2v) is 2.40. The molecule has 0 spiro atoms. The smallest absolute Gasteiger partial charge is 0.258 e. The number of pyridine rings is 1. The van der Waals surface area contributed by atoms with Crippen molar-refractivity contribution < 1.29 is 4.52 Å². The summed E-state index contributed by atoms with van der Waals surface area (Å²) in [5.41, 5.74) is 0.857. The van der Waals surface area contributed by atoms with Gasteiger partial charge in [-0.05, 0) is 18.2 Å². The number of hydrogen-bond donors (Lipinski definition) is 0. The average Bonchev–Trinajstić information content (AvgIpc) is 2.67. The highest BCUT2D eigenvalue weighted by Gasteiger charge is 2.04. The van der Waals surface area contributed by atoms with Crippen LogP contribution in [0.25, 0.3) is 17.5 Å². The van der Waals surface area contributed by atoms with Crippen molar-refractivity contribution in [3.8, 4) is 11.5 Å². The fourth-order valence-electron chi connectivity index (χ4n) is 0.930. The first-order valence-corrected chi connectivity index (χ1v) is 3.76. The Bertz CT molecular complexity index is 408. The zero-order valence-electron chi connectivity index (χ0n) is 6.84. The van der Waals surface area contributed by atoms with Crippen molar-refractivity contribution in [1.82, 2.24) is 15.1 Å². The SMILES string of the molecule is C=Cc1noc(-c2ccncc2)n1. The molecule has 2 heterocycles. The molecule has 0 saturated carbocycles. The van der Waals surface area contributed by atoms with Crippen molar-refractivity contribution in [2.24, 2.45) is 0 Å². The molecule has 0 aromatic carbocycles. The molecule has 0 atom stereocenters. The van der Waals surface area contributed by atoms with Gasteiger partial charge in [-0.1, -0.05) is 11.7 Å². The van der Waals surface area contributed by atoms with Crippen LogP contribution in [0.1, 0.15) is 5.82 Å². The quantitative estimate of drug-likeness (QED) is 0.694. The summed E-state index contributed by atoms with van der Waals surface area (Å²) >= 11 is 0. The predicted octanol–water partition coefficient (Wildman–Crippen LogP) is 1.77. The first kappa shape index (κ1) is 7.67. The number of rotatable bonds is 2. The van der Waals surface area contributed by atoms with Gasteiger partial charge in [-0.3, -0.25) is 4.98 Å². The van der Waals surface area contributed by atoms with Crippen LogP contribution in [-0.2, 0) is 0 Å². The van der Waals surface area contributed by atoms with E-state index in [0.717, 1.165) is 5.56 Å². The summed E-state index contributed by atoms with van der Waals surface area (Å²) in [6.45, 7) is 3.54. The maximum Gasteiger partial charge on any atom is 0.258 e. The van der Waals surface area contributed by atoms with E-state index in [1.54, 1.807) is 24.5 Å². The zero-order valence-corrected chi connectivity index (χ0v) is 6.84. The fourth-order valence-corrected chi connectivity index (χ4v) is 0.930. The molecular formula is C9H7N3O. The summed E-state index contributed by atoms with van der Waals surface area (Å²) in [5, 5.41) is 3.69. The second kappa shape index (κ2) is 3.18. The average molecular weight is 173 g/mol. The maximum atomic E-state index is 4.98. The summed E-state index contributed by atoms with van der Waals surface area (Å²) in [6, 6.07) is 3.61. The Morgan fingerprint density at radius 1 is 1.31 bits per heavy atom. The van der Waals surface area contributed by atoms with Crippen LogP contribution in [0.4, 0.5) is 0 Å². The largest absolute Gasteiger partial charge is 0.334 e. The van der Waals surface area contributed by atoms with Crippen LogP contribution in [0.2, 0.25) is 0 Å². The third-order valence-corrected chi connectivity index (χ3v) is 1.55. The number of nitrogens with zero attached hydrogens (tertiary/aromatic N) is 3. The van der Waals surface area contributed by atoms with Gasteiger partial charge in [0.1, 0.15) is 0 Å². The fraction of sp³-hybridized carbons (Fsp3) is 0. The normalized spacial score (nSPS) is 9.85. The molecule has 2 aromatic rings. The van der Waals surface area contributed by atoms with E-state index >= 15 is 0 Å². The van der Waals surface area contributed by atoms with E-state index in [0.29, 0.717) is 11.7 Å². The Labute approximate surface area is 74.9 Å². The van der Waals surface area contributed by atoms with E-state index < -0.39 is 0 Å². The van der Waals surface area contributed by atoms with Gasteiger partial charge in [0.2, 0.25) is 0 Å². The van der Waals surface area contributed by atoms with Gasteiger partial charge >= 0.3 is 0 Å². The summed E-state index contributed by atoms with van der Waals surface area (Å²) < 4.78 is 4.98. The second-order valence-electron chi connectivity index (χ2n) is 2.40. The molecule has 0 bridgehead atoms. The molecule has 0 saturated heterocycles. The molecule has 0 amide bonds. The van der Waals surface area contributed by atoms with E-state index in [9.17, 15) is 0 Å². The molecule has 64 valence electrons. The predicted molar refractivity (Wildman–Crippen MR) is 47.6 cm³/mol. The lowest BCUT2D eigenvalue weighted by Crippen LogP contribution is -1.78. The van der Waals surface area contributed by atoms with E-state index in [2.05, 4.69) is 21.7 Å².